The van der Waals surface area contributed by atoms with Crippen LogP contribution in [0.2, 0.25) is 6.04 Å². The Labute approximate surface area is 102 Å². The van der Waals surface area contributed by atoms with E-state index in [0.717, 1.165) is 13.1 Å². The van der Waals surface area contributed by atoms with Crippen LogP contribution < -0.4 is 5.32 Å². The van der Waals surface area contributed by atoms with Crippen molar-refractivity contribution in [2.24, 2.45) is 0 Å². The minimum Gasteiger partial charge on any atom is -0.360 e. The molecule has 4 nitrogen and oxygen atoms in total. The summed E-state index contributed by atoms with van der Waals surface area (Å²) >= 11 is 0. The molecule has 0 saturated heterocycles. The number of hydrogen-bond acceptors (Lipinski definition) is 4. The predicted octanol–water partition coefficient (Wildman–Crippen LogP) is 0.0797. The summed E-state index contributed by atoms with van der Waals surface area (Å²) in [6, 6.07) is 1.86. The minimum absolute atomic E-state index is 0.0811. The molecule has 16 heavy (non-hydrogen) atoms. The molecule has 0 radical (unpaired) electrons. The highest BCUT2D eigenvalue weighted by molar-refractivity contribution is 6.36. The van der Waals surface area contributed by atoms with E-state index in [4.69, 9.17) is 9.47 Å². The first-order valence-corrected chi connectivity index (χ1v) is 7.90. The van der Waals surface area contributed by atoms with Gasteiger partial charge in [0.1, 0.15) is 5.91 Å². The van der Waals surface area contributed by atoms with Crippen LogP contribution in [-0.2, 0) is 9.47 Å². The molecule has 98 valence electrons. The SMILES string of the molecule is CCC(CNCC[SiH2]C(OC)OC)N(C)C. The molecule has 0 fully saturated rings. The Balaban J connectivity index is 3.45. The van der Waals surface area contributed by atoms with Crippen LogP contribution in [0.15, 0.2) is 0 Å². The van der Waals surface area contributed by atoms with E-state index < -0.39 is 0 Å². The maximum atomic E-state index is 5.19. The Morgan fingerprint density at radius 1 is 1.25 bits per heavy atom. The molecule has 1 atom stereocenters. The highest BCUT2D eigenvalue weighted by atomic mass is 28.2. The van der Waals surface area contributed by atoms with Gasteiger partial charge in [-0.05, 0) is 33.1 Å². The zero-order valence-electron chi connectivity index (χ0n) is 11.5. The van der Waals surface area contributed by atoms with Gasteiger partial charge in [-0.3, -0.25) is 0 Å². The van der Waals surface area contributed by atoms with Gasteiger partial charge in [0.2, 0.25) is 0 Å². The topological polar surface area (TPSA) is 33.7 Å². The van der Waals surface area contributed by atoms with Gasteiger partial charge in [-0.1, -0.05) is 6.92 Å². The summed E-state index contributed by atoms with van der Waals surface area (Å²) in [5, 5.41) is 3.50. The highest BCUT2D eigenvalue weighted by Gasteiger charge is 2.08. The van der Waals surface area contributed by atoms with Crippen molar-refractivity contribution in [3.05, 3.63) is 0 Å². The molecule has 0 bridgehead atoms. The van der Waals surface area contributed by atoms with E-state index in [0.29, 0.717) is 6.04 Å². The van der Waals surface area contributed by atoms with Crippen LogP contribution in [0.1, 0.15) is 13.3 Å². The average Bonchev–Trinajstić information content (AvgIpc) is 2.28. The second-order valence-corrected chi connectivity index (χ2v) is 6.22. The molecule has 0 saturated carbocycles. The Morgan fingerprint density at radius 3 is 2.31 bits per heavy atom. The Kier molecular flexibility index (Phi) is 10.3. The average molecular weight is 248 g/mol. The van der Waals surface area contributed by atoms with Crippen LogP contribution >= 0.6 is 0 Å². The van der Waals surface area contributed by atoms with Crippen molar-refractivity contribution in [1.82, 2.24) is 10.2 Å². The second kappa shape index (κ2) is 10.2. The van der Waals surface area contributed by atoms with Gasteiger partial charge in [0.25, 0.3) is 0 Å². The number of nitrogens with one attached hydrogen (secondary N) is 1. The van der Waals surface area contributed by atoms with Gasteiger partial charge in [-0.25, -0.2) is 0 Å². The van der Waals surface area contributed by atoms with Crippen LogP contribution in [0.5, 0.6) is 0 Å². The molecule has 0 rings (SSSR count). The fraction of sp³-hybridized carbons (Fsp3) is 1.00. The fourth-order valence-electron chi connectivity index (χ4n) is 1.69. The summed E-state index contributed by atoms with van der Waals surface area (Å²) in [6.45, 7) is 4.38. The van der Waals surface area contributed by atoms with Crippen LogP contribution in [0.3, 0.4) is 0 Å². The molecule has 0 heterocycles. The quantitative estimate of drug-likeness (QED) is 0.337. The Bertz CT molecular complexity index is 155. The fourth-order valence-corrected chi connectivity index (χ4v) is 2.95. The summed E-state index contributed by atoms with van der Waals surface area (Å²) in [4.78, 5) is 2.28. The third-order valence-corrected chi connectivity index (χ3v) is 4.80. The van der Waals surface area contributed by atoms with Crippen LogP contribution in [-0.4, -0.2) is 67.8 Å². The summed E-state index contributed by atoms with van der Waals surface area (Å²) in [5.41, 5.74) is 0. The lowest BCUT2D eigenvalue weighted by Crippen LogP contribution is -2.38. The molecule has 0 spiro atoms. The number of methoxy groups -OCH3 is 2. The van der Waals surface area contributed by atoms with Crippen molar-refractivity contribution in [1.29, 1.82) is 0 Å². The zero-order chi connectivity index (χ0) is 12.4. The molecule has 1 N–H and O–H groups in total. The molecule has 5 heteroatoms. The number of likely N-dealkylation sites (N-methyl/N-ethyl adjacent to an activating group) is 1. The van der Waals surface area contributed by atoms with E-state index in [1.807, 2.05) is 0 Å². The number of nitrogens with zero attached hydrogens (tertiary/aromatic N) is 1. The van der Waals surface area contributed by atoms with Crippen molar-refractivity contribution in [3.63, 3.8) is 0 Å². The molecule has 0 aromatic carbocycles. The summed E-state index contributed by atoms with van der Waals surface area (Å²) in [5.74, 6) is 0.0811. The zero-order valence-corrected chi connectivity index (χ0v) is 12.9. The highest BCUT2D eigenvalue weighted by Crippen LogP contribution is 1.97. The molecule has 1 unspecified atom stereocenters. The van der Waals surface area contributed by atoms with Crippen molar-refractivity contribution >= 4 is 9.52 Å². The van der Waals surface area contributed by atoms with Gasteiger partial charge in [-0.2, -0.15) is 0 Å². The molecule has 0 aromatic rings. The first kappa shape index (κ1) is 16.1. The first-order chi connectivity index (χ1) is 7.65. The van der Waals surface area contributed by atoms with Gasteiger partial charge >= 0.3 is 0 Å². The van der Waals surface area contributed by atoms with Crippen molar-refractivity contribution in [3.8, 4) is 0 Å². The van der Waals surface area contributed by atoms with Crippen molar-refractivity contribution < 1.29 is 9.47 Å². The van der Waals surface area contributed by atoms with E-state index in [9.17, 15) is 0 Å². The lowest BCUT2D eigenvalue weighted by Gasteiger charge is -2.23. The standard InChI is InChI=1S/C11H28N2O2Si/c1-6-10(13(2)3)9-12-7-8-16-11(14-4)15-5/h10-12H,6-9,16H2,1-5H3. The molecular weight excluding hydrogens is 220 g/mol. The lowest BCUT2D eigenvalue weighted by molar-refractivity contribution is -0.0440. The molecule has 0 aliphatic heterocycles. The minimum atomic E-state index is -0.266. The van der Waals surface area contributed by atoms with E-state index in [2.05, 4.69) is 31.2 Å². The smallest absolute Gasteiger partial charge is 0.134 e. The van der Waals surface area contributed by atoms with Crippen LogP contribution in [0.25, 0.3) is 0 Å². The maximum Gasteiger partial charge on any atom is 0.134 e. The number of ether oxygens (including phenoxy) is 2. The number of rotatable bonds is 10. The molecule has 0 amide bonds. The van der Waals surface area contributed by atoms with E-state index in [-0.39, 0.29) is 15.4 Å². The molecule has 0 aliphatic rings. The summed E-state index contributed by atoms with van der Waals surface area (Å²) in [6.07, 6.45) is 1.19. The van der Waals surface area contributed by atoms with Gasteiger partial charge in [0, 0.05) is 26.8 Å². The van der Waals surface area contributed by atoms with Gasteiger partial charge in [-0.15, -0.1) is 0 Å². The van der Waals surface area contributed by atoms with Crippen LogP contribution in [0.4, 0.5) is 0 Å². The van der Waals surface area contributed by atoms with E-state index >= 15 is 0 Å². The number of hydrogen-bond donors (Lipinski definition) is 1. The van der Waals surface area contributed by atoms with E-state index in [1.54, 1.807) is 14.2 Å². The Morgan fingerprint density at radius 2 is 1.88 bits per heavy atom. The molecule has 0 aromatic heterocycles. The lowest BCUT2D eigenvalue weighted by atomic mass is 10.2. The first-order valence-electron chi connectivity index (χ1n) is 6.08. The monoisotopic (exact) mass is 248 g/mol. The van der Waals surface area contributed by atoms with Crippen molar-refractivity contribution in [2.75, 3.05) is 41.4 Å². The molecule has 0 aliphatic carbocycles. The maximum absolute atomic E-state index is 5.19. The largest absolute Gasteiger partial charge is 0.360 e. The molecular formula is C11H28N2O2Si. The predicted molar refractivity (Wildman–Crippen MR) is 71.8 cm³/mol. The van der Waals surface area contributed by atoms with E-state index in [1.165, 1.54) is 12.5 Å². The van der Waals surface area contributed by atoms with Gasteiger partial charge < -0.3 is 19.7 Å². The second-order valence-electron chi connectivity index (χ2n) is 4.27. The third-order valence-electron chi connectivity index (χ3n) is 2.90. The van der Waals surface area contributed by atoms with Gasteiger partial charge in [0.15, 0.2) is 0 Å². The van der Waals surface area contributed by atoms with Gasteiger partial charge in [0.05, 0.1) is 9.52 Å². The summed E-state index contributed by atoms with van der Waals surface area (Å²) < 4.78 is 10.4. The van der Waals surface area contributed by atoms with Crippen molar-refractivity contribution in [2.45, 2.75) is 31.3 Å². The summed E-state index contributed by atoms with van der Waals surface area (Å²) in [7, 11) is 7.44. The van der Waals surface area contributed by atoms with Crippen LogP contribution in [0, 0.1) is 0 Å². The Hall–Kier alpha value is 0.0569. The normalized spacial score (nSPS) is 14.4. The third kappa shape index (κ3) is 7.35.